The molecule has 0 aromatic carbocycles. The lowest BCUT2D eigenvalue weighted by Gasteiger charge is -2.25. The number of carbonyl (C=O) groups is 1. The van der Waals surface area contributed by atoms with E-state index in [0.717, 1.165) is 25.9 Å². The maximum absolute atomic E-state index is 12.0. The molecule has 0 bridgehead atoms. The van der Waals surface area contributed by atoms with Crippen LogP contribution in [0.4, 0.5) is 0 Å². The number of pyridine rings is 1. The third kappa shape index (κ3) is 2.81. The van der Waals surface area contributed by atoms with E-state index in [4.69, 9.17) is 0 Å². The van der Waals surface area contributed by atoms with Crippen molar-refractivity contribution in [1.29, 1.82) is 0 Å². The summed E-state index contributed by atoms with van der Waals surface area (Å²) < 4.78 is 1.95. The van der Waals surface area contributed by atoms with Gasteiger partial charge in [0.2, 0.25) is 6.54 Å². The Kier molecular flexibility index (Phi) is 3.54. The van der Waals surface area contributed by atoms with Crippen molar-refractivity contribution in [2.24, 2.45) is 0 Å². The highest BCUT2D eigenvalue weighted by Crippen LogP contribution is 2.08. The summed E-state index contributed by atoms with van der Waals surface area (Å²) >= 11 is 0. The van der Waals surface area contributed by atoms with Crippen molar-refractivity contribution >= 4 is 5.91 Å². The zero-order valence-electron chi connectivity index (χ0n) is 9.85. The van der Waals surface area contributed by atoms with Crippen LogP contribution < -0.4 is 4.57 Å². The lowest BCUT2D eigenvalue weighted by atomic mass is 10.1. The Morgan fingerprint density at radius 2 is 1.88 bits per heavy atom. The monoisotopic (exact) mass is 219 g/mol. The van der Waals surface area contributed by atoms with Gasteiger partial charge < -0.3 is 4.90 Å². The van der Waals surface area contributed by atoms with Crippen LogP contribution >= 0.6 is 0 Å². The number of hydrogen-bond donors (Lipinski definition) is 0. The molecular weight excluding hydrogens is 200 g/mol. The Hall–Kier alpha value is -1.38. The Morgan fingerprint density at radius 1 is 1.25 bits per heavy atom. The molecule has 0 N–H and O–H groups in total. The third-order valence-electron chi connectivity index (χ3n) is 3.08. The number of aryl methyl sites for hydroxylation is 1. The van der Waals surface area contributed by atoms with Gasteiger partial charge >= 0.3 is 0 Å². The minimum atomic E-state index is 0.244. The van der Waals surface area contributed by atoms with Gasteiger partial charge in [0, 0.05) is 25.2 Å². The Bertz CT molecular complexity index is 353. The molecule has 2 rings (SSSR count). The van der Waals surface area contributed by atoms with Gasteiger partial charge in [-0.1, -0.05) is 0 Å². The van der Waals surface area contributed by atoms with Crippen LogP contribution in [-0.2, 0) is 11.3 Å². The SMILES string of the molecule is Cc1cc[n+](CC(=O)N2CCCCC2)cc1. The first-order valence-electron chi connectivity index (χ1n) is 5.99. The molecule has 1 saturated heterocycles. The molecule has 1 aromatic rings. The van der Waals surface area contributed by atoms with Gasteiger partial charge in [-0.3, -0.25) is 4.79 Å². The molecule has 1 fully saturated rings. The zero-order valence-corrected chi connectivity index (χ0v) is 9.85. The number of aromatic nitrogens is 1. The second kappa shape index (κ2) is 5.10. The number of carbonyl (C=O) groups excluding carboxylic acids is 1. The zero-order chi connectivity index (χ0) is 11.4. The summed E-state index contributed by atoms with van der Waals surface area (Å²) in [6.45, 7) is 4.40. The highest BCUT2D eigenvalue weighted by Gasteiger charge is 2.19. The summed E-state index contributed by atoms with van der Waals surface area (Å²) in [6.07, 6.45) is 7.52. The summed E-state index contributed by atoms with van der Waals surface area (Å²) in [7, 11) is 0. The van der Waals surface area contributed by atoms with Gasteiger partial charge in [0.25, 0.3) is 5.91 Å². The number of piperidine rings is 1. The molecule has 0 atom stereocenters. The topological polar surface area (TPSA) is 24.2 Å². The van der Waals surface area contributed by atoms with E-state index in [9.17, 15) is 4.79 Å². The quantitative estimate of drug-likeness (QED) is 0.688. The second-order valence-electron chi connectivity index (χ2n) is 4.49. The first-order chi connectivity index (χ1) is 7.75. The standard InChI is InChI=1S/C13H19N2O/c1-12-5-9-14(10-6-12)11-13(16)15-7-3-2-4-8-15/h5-6,9-10H,2-4,7-8,11H2,1H3/q+1. The molecule has 3 heteroatoms. The maximum Gasteiger partial charge on any atom is 0.288 e. The number of amides is 1. The summed E-state index contributed by atoms with van der Waals surface area (Å²) in [5.74, 6) is 0.244. The lowest BCUT2D eigenvalue weighted by molar-refractivity contribution is -0.685. The van der Waals surface area contributed by atoms with Crippen LogP contribution in [0.1, 0.15) is 24.8 Å². The van der Waals surface area contributed by atoms with E-state index in [0.29, 0.717) is 6.54 Å². The summed E-state index contributed by atoms with van der Waals surface area (Å²) in [6, 6.07) is 4.06. The third-order valence-corrected chi connectivity index (χ3v) is 3.08. The minimum absolute atomic E-state index is 0.244. The van der Waals surface area contributed by atoms with Gasteiger partial charge in [0.05, 0.1) is 0 Å². The van der Waals surface area contributed by atoms with E-state index in [1.54, 1.807) is 0 Å². The van der Waals surface area contributed by atoms with E-state index in [-0.39, 0.29) is 5.91 Å². The summed E-state index contributed by atoms with van der Waals surface area (Å²) in [5, 5.41) is 0. The van der Waals surface area contributed by atoms with Crippen LogP contribution in [0.2, 0.25) is 0 Å². The van der Waals surface area contributed by atoms with Crippen molar-refractivity contribution in [2.45, 2.75) is 32.7 Å². The van der Waals surface area contributed by atoms with E-state index in [2.05, 4.69) is 6.92 Å². The Labute approximate surface area is 96.7 Å². The predicted molar refractivity (Wildman–Crippen MR) is 61.8 cm³/mol. The van der Waals surface area contributed by atoms with Crippen molar-refractivity contribution in [3.05, 3.63) is 30.1 Å². The molecule has 1 aromatic heterocycles. The molecule has 0 unspecified atom stereocenters. The molecule has 16 heavy (non-hydrogen) atoms. The molecule has 1 amide bonds. The van der Waals surface area contributed by atoms with Gasteiger partial charge in [0.1, 0.15) is 0 Å². The van der Waals surface area contributed by atoms with Gasteiger partial charge in [-0.15, -0.1) is 0 Å². The molecule has 0 saturated carbocycles. The van der Waals surface area contributed by atoms with E-state index in [1.165, 1.54) is 12.0 Å². The average molecular weight is 219 g/mol. The van der Waals surface area contributed by atoms with Gasteiger partial charge in [-0.25, -0.2) is 0 Å². The van der Waals surface area contributed by atoms with Crippen molar-refractivity contribution in [3.63, 3.8) is 0 Å². The summed E-state index contributed by atoms with van der Waals surface area (Å²) in [5.41, 5.74) is 1.22. The van der Waals surface area contributed by atoms with Crippen LogP contribution in [0.15, 0.2) is 24.5 Å². The normalized spacial score (nSPS) is 16.2. The van der Waals surface area contributed by atoms with E-state index < -0.39 is 0 Å². The first kappa shape index (κ1) is 11.1. The smallest absolute Gasteiger partial charge is 0.288 e. The predicted octanol–water partition coefficient (Wildman–Crippen LogP) is 1.30. The van der Waals surface area contributed by atoms with E-state index >= 15 is 0 Å². The molecule has 1 aliphatic rings. The fraction of sp³-hybridized carbons (Fsp3) is 0.538. The molecule has 86 valence electrons. The summed E-state index contributed by atoms with van der Waals surface area (Å²) in [4.78, 5) is 13.9. The highest BCUT2D eigenvalue weighted by atomic mass is 16.2. The van der Waals surface area contributed by atoms with Crippen LogP contribution in [0.25, 0.3) is 0 Å². The minimum Gasteiger partial charge on any atom is -0.337 e. The maximum atomic E-state index is 12.0. The van der Waals surface area contributed by atoms with Gasteiger partial charge in [0.15, 0.2) is 12.4 Å². The molecular formula is C13H19N2O+. The average Bonchev–Trinajstić information content (AvgIpc) is 2.33. The number of hydrogen-bond acceptors (Lipinski definition) is 1. The van der Waals surface area contributed by atoms with Crippen molar-refractivity contribution < 1.29 is 9.36 Å². The Morgan fingerprint density at radius 3 is 2.50 bits per heavy atom. The van der Waals surface area contributed by atoms with Gasteiger partial charge in [-0.2, -0.15) is 4.57 Å². The molecule has 0 aliphatic carbocycles. The van der Waals surface area contributed by atoms with Crippen molar-refractivity contribution in [2.75, 3.05) is 13.1 Å². The van der Waals surface area contributed by atoms with Crippen molar-refractivity contribution in [3.8, 4) is 0 Å². The number of rotatable bonds is 2. The number of nitrogens with zero attached hydrogens (tertiary/aromatic N) is 2. The second-order valence-corrected chi connectivity index (χ2v) is 4.49. The largest absolute Gasteiger partial charge is 0.337 e. The van der Waals surface area contributed by atoms with Crippen LogP contribution in [0.5, 0.6) is 0 Å². The highest BCUT2D eigenvalue weighted by molar-refractivity contribution is 5.74. The molecule has 0 spiro atoms. The van der Waals surface area contributed by atoms with Gasteiger partial charge in [-0.05, 0) is 31.7 Å². The first-order valence-corrected chi connectivity index (χ1v) is 5.99. The van der Waals surface area contributed by atoms with Crippen molar-refractivity contribution in [1.82, 2.24) is 4.90 Å². The fourth-order valence-corrected chi connectivity index (χ4v) is 2.04. The fourth-order valence-electron chi connectivity index (χ4n) is 2.04. The Balaban J connectivity index is 1.93. The van der Waals surface area contributed by atoms with Crippen LogP contribution in [0, 0.1) is 6.92 Å². The van der Waals surface area contributed by atoms with Crippen LogP contribution in [0.3, 0.4) is 0 Å². The van der Waals surface area contributed by atoms with E-state index in [1.807, 2.05) is 34.0 Å². The molecule has 0 radical (unpaired) electrons. The lowest BCUT2D eigenvalue weighted by Crippen LogP contribution is -2.46. The van der Waals surface area contributed by atoms with Crippen LogP contribution in [-0.4, -0.2) is 23.9 Å². The molecule has 1 aliphatic heterocycles. The molecule has 3 nitrogen and oxygen atoms in total. The number of likely N-dealkylation sites (tertiary alicyclic amines) is 1. The molecule has 2 heterocycles.